The van der Waals surface area contributed by atoms with Crippen molar-refractivity contribution in [1.29, 1.82) is 5.26 Å². The molecule has 4 nitrogen and oxygen atoms in total. The summed E-state index contributed by atoms with van der Waals surface area (Å²) >= 11 is 1.65. The number of benzene rings is 1. The molecule has 0 atom stereocenters. The molecule has 2 aromatic rings. The number of aromatic nitrogens is 1. The Balaban J connectivity index is 2.21. The third kappa shape index (κ3) is 3.35. The maximum atomic E-state index is 9.32. The fraction of sp³-hybridized carbons (Fsp3) is 0.333. The van der Waals surface area contributed by atoms with Gasteiger partial charge in [-0.3, -0.25) is 0 Å². The molecule has 20 heavy (non-hydrogen) atoms. The van der Waals surface area contributed by atoms with E-state index in [2.05, 4.69) is 32.7 Å². The van der Waals surface area contributed by atoms with Crippen LogP contribution < -0.4 is 10.2 Å². The van der Waals surface area contributed by atoms with Crippen LogP contribution in [0.25, 0.3) is 0 Å². The van der Waals surface area contributed by atoms with Gasteiger partial charge in [0.05, 0.1) is 28.5 Å². The van der Waals surface area contributed by atoms with Crippen molar-refractivity contribution in [3.63, 3.8) is 0 Å². The Morgan fingerprint density at radius 3 is 2.85 bits per heavy atom. The highest BCUT2D eigenvalue weighted by Gasteiger charge is 2.10. The number of nitriles is 1. The number of hydrogen-bond acceptors (Lipinski definition) is 5. The molecule has 1 N–H and O–H groups in total. The highest BCUT2D eigenvalue weighted by molar-refractivity contribution is 7.09. The summed E-state index contributed by atoms with van der Waals surface area (Å²) in [4.78, 5) is 6.53. The van der Waals surface area contributed by atoms with E-state index >= 15 is 0 Å². The number of aryl methyl sites for hydroxylation is 1. The van der Waals surface area contributed by atoms with Gasteiger partial charge in [-0.1, -0.05) is 6.07 Å². The predicted molar refractivity (Wildman–Crippen MR) is 82.9 cm³/mol. The summed E-state index contributed by atoms with van der Waals surface area (Å²) < 4.78 is 0. The van der Waals surface area contributed by atoms with Gasteiger partial charge in [0.15, 0.2) is 0 Å². The van der Waals surface area contributed by atoms with E-state index in [1.165, 1.54) is 0 Å². The Labute approximate surface area is 123 Å². The molecule has 0 amide bonds. The Morgan fingerprint density at radius 1 is 1.45 bits per heavy atom. The number of hydrogen-bond donors (Lipinski definition) is 1. The average Bonchev–Trinajstić information content (AvgIpc) is 2.84. The normalized spacial score (nSPS) is 10.3. The summed E-state index contributed by atoms with van der Waals surface area (Å²) in [5.74, 6) is 0. The molecule has 5 heteroatoms. The minimum absolute atomic E-state index is 0.701. The van der Waals surface area contributed by atoms with Crippen molar-refractivity contribution in [3.8, 4) is 6.07 Å². The summed E-state index contributed by atoms with van der Waals surface area (Å²) in [7, 11) is 3.89. The van der Waals surface area contributed by atoms with Gasteiger partial charge in [0.25, 0.3) is 0 Å². The van der Waals surface area contributed by atoms with E-state index in [4.69, 9.17) is 0 Å². The van der Waals surface area contributed by atoms with E-state index in [1.807, 2.05) is 33.2 Å². The molecule has 0 fully saturated rings. The highest BCUT2D eigenvalue weighted by atomic mass is 32.1. The third-order valence-electron chi connectivity index (χ3n) is 3.04. The van der Waals surface area contributed by atoms with E-state index < -0.39 is 0 Å². The molecule has 1 heterocycles. The van der Waals surface area contributed by atoms with Crippen LogP contribution in [0.4, 0.5) is 5.69 Å². The number of nitrogens with zero attached hydrogens (tertiary/aromatic N) is 3. The molecule has 0 aliphatic heterocycles. The van der Waals surface area contributed by atoms with Gasteiger partial charge in [0, 0.05) is 19.0 Å². The van der Waals surface area contributed by atoms with Crippen LogP contribution in [0.2, 0.25) is 0 Å². The van der Waals surface area contributed by atoms with Crippen molar-refractivity contribution in [2.45, 2.75) is 20.0 Å². The fourth-order valence-corrected chi connectivity index (χ4v) is 2.73. The summed E-state index contributed by atoms with van der Waals surface area (Å²) in [6, 6.07) is 8.27. The lowest BCUT2D eigenvalue weighted by Crippen LogP contribution is -2.18. The number of thiazole rings is 1. The van der Waals surface area contributed by atoms with Crippen LogP contribution in [0, 0.1) is 18.3 Å². The molecule has 0 aliphatic rings. The molecule has 0 aliphatic carbocycles. The molecule has 0 unspecified atom stereocenters. The largest absolute Gasteiger partial charge is 0.368 e. The predicted octanol–water partition coefficient (Wildman–Crippen LogP) is 2.68. The van der Waals surface area contributed by atoms with E-state index in [9.17, 15) is 5.26 Å². The van der Waals surface area contributed by atoms with Gasteiger partial charge in [-0.05, 0) is 31.7 Å². The van der Waals surface area contributed by atoms with Gasteiger partial charge in [-0.25, -0.2) is 4.98 Å². The Morgan fingerprint density at radius 2 is 2.25 bits per heavy atom. The molecule has 1 aromatic heterocycles. The van der Waals surface area contributed by atoms with Gasteiger partial charge in [0.2, 0.25) is 0 Å². The van der Waals surface area contributed by atoms with Crippen molar-refractivity contribution < 1.29 is 0 Å². The lowest BCUT2D eigenvalue weighted by atomic mass is 10.1. The van der Waals surface area contributed by atoms with Gasteiger partial charge in [-0.2, -0.15) is 5.26 Å². The van der Waals surface area contributed by atoms with Crippen LogP contribution in [0.3, 0.4) is 0 Å². The third-order valence-corrected chi connectivity index (χ3v) is 3.86. The summed E-state index contributed by atoms with van der Waals surface area (Å²) in [5, 5.41) is 15.5. The SMILES string of the molecule is CNCc1ccc(N(C)Cc2csc(C)n2)c(C#N)c1. The number of anilines is 1. The smallest absolute Gasteiger partial charge is 0.101 e. The van der Waals surface area contributed by atoms with Crippen LogP contribution in [0.5, 0.6) is 0 Å². The molecule has 2 rings (SSSR count). The van der Waals surface area contributed by atoms with Gasteiger partial charge in [0.1, 0.15) is 6.07 Å². The van der Waals surface area contributed by atoms with Gasteiger partial charge >= 0.3 is 0 Å². The molecule has 0 spiro atoms. The topological polar surface area (TPSA) is 52.0 Å². The van der Waals surface area contributed by atoms with Crippen molar-refractivity contribution in [3.05, 3.63) is 45.4 Å². The quantitative estimate of drug-likeness (QED) is 0.918. The summed E-state index contributed by atoms with van der Waals surface area (Å²) in [6.45, 7) is 3.48. The lowest BCUT2D eigenvalue weighted by Gasteiger charge is -2.20. The molecule has 0 saturated carbocycles. The van der Waals surface area contributed by atoms with Crippen molar-refractivity contribution in [2.24, 2.45) is 0 Å². The zero-order valence-electron chi connectivity index (χ0n) is 12.0. The van der Waals surface area contributed by atoms with Gasteiger partial charge < -0.3 is 10.2 Å². The highest BCUT2D eigenvalue weighted by Crippen LogP contribution is 2.22. The first-order valence-corrected chi connectivity index (χ1v) is 7.31. The number of rotatable bonds is 5. The summed E-state index contributed by atoms with van der Waals surface area (Å²) in [5.41, 5.74) is 3.80. The van der Waals surface area contributed by atoms with Crippen LogP contribution in [0.1, 0.15) is 21.8 Å². The number of nitrogens with one attached hydrogen (secondary N) is 1. The van der Waals surface area contributed by atoms with Crippen LogP contribution in [-0.4, -0.2) is 19.1 Å². The second-order valence-electron chi connectivity index (χ2n) is 4.71. The van der Waals surface area contributed by atoms with Crippen LogP contribution in [-0.2, 0) is 13.1 Å². The zero-order valence-corrected chi connectivity index (χ0v) is 12.8. The molecule has 0 saturated heterocycles. The van der Waals surface area contributed by atoms with Crippen LogP contribution in [0.15, 0.2) is 23.6 Å². The fourth-order valence-electron chi connectivity index (χ4n) is 2.13. The molecule has 0 radical (unpaired) electrons. The first-order valence-electron chi connectivity index (χ1n) is 6.44. The standard InChI is InChI=1S/C15H18N4S/c1-11-18-14(10-20-11)9-19(3)15-5-4-12(8-17-2)6-13(15)7-16/h4-6,10,17H,8-9H2,1-3H3. The second-order valence-corrected chi connectivity index (χ2v) is 5.77. The maximum absolute atomic E-state index is 9.32. The molecule has 0 bridgehead atoms. The van der Waals surface area contributed by atoms with E-state index in [0.717, 1.165) is 28.5 Å². The minimum Gasteiger partial charge on any atom is -0.368 e. The van der Waals surface area contributed by atoms with Crippen molar-refractivity contribution >= 4 is 17.0 Å². The molecule has 104 valence electrons. The van der Waals surface area contributed by atoms with Crippen molar-refractivity contribution in [1.82, 2.24) is 10.3 Å². The zero-order chi connectivity index (χ0) is 14.5. The van der Waals surface area contributed by atoms with E-state index in [0.29, 0.717) is 12.1 Å². The second kappa shape index (κ2) is 6.51. The summed E-state index contributed by atoms with van der Waals surface area (Å²) in [6.07, 6.45) is 0. The first-order chi connectivity index (χ1) is 9.63. The Kier molecular flexibility index (Phi) is 4.72. The Bertz CT molecular complexity index is 627. The lowest BCUT2D eigenvalue weighted by molar-refractivity contribution is 0.816. The van der Waals surface area contributed by atoms with Crippen molar-refractivity contribution in [2.75, 3.05) is 19.0 Å². The average molecular weight is 286 g/mol. The van der Waals surface area contributed by atoms with Crippen LogP contribution >= 0.6 is 11.3 Å². The molecular weight excluding hydrogens is 268 g/mol. The molecular formula is C15H18N4S. The maximum Gasteiger partial charge on any atom is 0.101 e. The minimum atomic E-state index is 0.701. The monoisotopic (exact) mass is 286 g/mol. The Hall–Kier alpha value is -1.90. The van der Waals surface area contributed by atoms with Gasteiger partial charge in [-0.15, -0.1) is 11.3 Å². The van der Waals surface area contributed by atoms with E-state index in [1.54, 1.807) is 11.3 Å². The first kappa shape index (κ1) is 14.5. The van der Waals surface area contributed by atoms with E-state index in [-0.39, 0.29) is 0 Å². The molecule has 1 aromatic carbocycles.